The molecular weight excluding hydrogens is 404 g/mol. The van der Waals surface area contributed by atoms with Crippen molar-refractivity contribution in [3.8, 4) is 5.75 Å². The van der Waals surface area contributed by atoms with E-state index in [-0.39, 0.29) is 11.5 Å². The summed E-state index contributed by atoms with van der Waals surface area (Å²) in [7, 11) is 1.53. The summed E-state index contributed by atoms with van der Waals surface area (Å²) in [6.07, 6.45) is 1.55. The lowest BCUT2D eigenvalue weighted by molar-refractivity contribution is -0.113. The molecule has 0 saturated carbocycles. The third kappa shape index (κ3) is 5.70. The lowest BCUT2D eigenvalue weighted by Gasteiger charge is -2.13. The Labute approximate surface area is 186 Å². The molecule has 0 radical (unpaired) electrons. The van der Waals surface area contributed by atoms with E-state index in [1.807, 2.05) is 31.2 Å². The Hall–Kier alpha value is -4.19. The van der Waals surface area contributed by atoms with Crippen LogP contribution in [0.3, 0.4) is 0 Å². The molecular formula is C26H24N2O4. The minimum atomic E-state index is -0.530. The Bertz CT molecular complexity index is 1180. The number of benzene rings is 3. The molecule has 0 aliphatic carbocycles. The number of anilines is 1. The Morgan fingerprint density at radius 3 is 2.28 bits per heavy atom. The summed E-state index contributed by atoms with van der Waals surface area (Å²) in [5.41, 5.74) is 3.03. The average molecular weight is 428 g/mol. The van der Waals surface area contributed by atoms with Crippen molar-refractivity contribution in [2.75, 3.05) is 12.4 Å². The molecule has 0 spiro atoms. The van der Waals surface area contributed by atoms with Crippen molar-refractivity contribution in [2.45, 2.75) is 13.8 Å². The fourth-order valence-electron chi connectivity index (χ4n) is 3.01. The summed E-state index contributed by atoms with van der Waals surface area (Å²) in [6.45, 7) is 3.38. The first-order valence-electron chi connectivity index (χ1n) is 10.0. The lowest BCUT2D eigenvalue weighted by Crippen LogP contribution is -2.30. The van der Waals surface area contributed by atoms with Gasteiger partial charge in [0.25, 0.3) is 11.8 Å². The molecule has 3 aromatic carbocycles. The van der Waals surface area contributed by atoms with Gasteiger partial charge in [0, 0.05) is 22.4 Å². The maximum absolute atomic E-state index is 13.1. The van der Waals surface area contributed by atoms with Crippen LogP contribution in [0, 0.1) is 6.92 Å². The van der Waals surface area contributed by atoms with Crippen LogP contribution >= 0.6 is 0 Å². The molecule has 0 aliphatic heterocycles. The highest BCUT2D eigenvalue weighted by molar-refractivity contribution is 6.11. The summed E-state index contributed by atoms with van der Waals surface area (Å²) in [5.74, 6) is -0.504. The molecule has 0 aliphatic rings. The molecule has 0 fully saturated rings. The number of nitrogens with one attached hydrogen (secondary N) is 2. The number of ether oxygens (including phenoxy) is 1. The first kappa shape index (κ1) is 22.5. The molecule has 0 saturated heterocycles. The fourth-order valence-corrected chi connectivity index (χ4v) is 3.01. The molecule has 0 aromatic heterocycles. The van der Waals surface area contributed by atoms with Gasteiger partial charge >= 0.3 is 0 Å². The first-order chi connectivity index (χ1) is 15.4. The highest BCUT2D eigenvalue weighted by Crippen LogP contribution is 2.21. The van der Waals surface area contributed by atoms with Crippen LogP contribution in [0.15, 0.2) is 78.5 Å². The molecule has 3 rings (SSSR count). The van der Waals surface area contributed by atoms with Gasteiger partial charge in [0.05, 0.1) is 7.11 Å². The van der Waals surface area contributed by atoms with Crippen LogP contribution in [-0.2, 0) is 4.79 Å². The molecule has 2 amide bonds. The maximum atomic E-state index is 13.1. The first-order valence-corrected chi connectivity index (χ1v) is 10.0. The average Bonchev–Trinajstić information content (AvgIpc) is 2.79. The van der Waals surface area contributed by atoms with Gasteiger partial charge in [0.1, 0.15) is 11.4 Å². The summed E-state index contributed by atoms with van der Waals surface area (Å²) < 4.78 is 5.36. The van der Waals surface area contributed by atoms with Crippen molar-refractivity contribution in [1.29, 1.82) is 0 Å². The standard InChI is InChI=1S/C26H24N2O4/c1-17-11-13-19(14-12-17)25(30)28-23(16-21-7-4-5-10-24(21)32-3)26(31)27-22-9-6-8-20(15-22)18(2)29/h4-16H,1-3H3,(H,27,31)(H,28,30)/b23-16-. The van der Waals surface area contributed by atoms with E-state index >= 15 is 0 Å². The second-order valence-corrected chi connectivity index (χ2v) is 7.21. The molecule has 6 nitrogen and oxygen atoms in total. The van der Waals surface area contributed by atoms with E-state index in [1.165, 1.54) is 14.0 Å². The fraction of sp³-hybridized carbons (Fsp3) is 0.115. The predicted octanol–water partition coefficient (Wildman–Crippen LogP) is 4.62. The quantitative estimate of drug-likeness (QED) is 0.425. The Morgan fingerprint density at radius 2 is 1.59 bits per heavy atom. The smallest absolute Gasteiger partial charge is 0.272 e. The van der Waals surface area contributed by atoms with Crippen molar-refractivity contribution in [2.24, 2.45) is 0 Å². The van der Waals surface area contributed by atoms with E-state index in [1.54, 1.807) is 54.6 Å². The number of ketones is 1. The van der Waals surface area contributed by atoms with Crippen molar-refractivity contribution >= 4 is 29.4 Å². The highest BCUT2D eigenvalue weighted by Gasteiger charge is 2.16. The topological polar surface area (TPSA) is 84.5 Å². The van der Waals surface area contributed by atoms with Gasteiger partial charge in [-0.15, -0.1) is 0 Å². The summed E-state index contributed by atoms with van der Waals surface area (Å²) in [6, 6.07) is 20.8. The second kappa shape index (κ2) is 10.2. The van der Waals surface area contributed by atoms with E-state index in [2.05, 4.69) is 10.6 Å². The van der Waals surface area contributed by atoms with Crippen molar-refractivity contribution < 1.29 is 19.1 Å². The Morgan fingerprint density at radius 1 is 0.875 bits per heavy atom. The number of Topliss-reactive ketones (excluding diaryl/α,β-unsaturated/α-hetero) is 1. The van der Waals surface area contributed by atoms with E-state index in [9.17, 15) is 14.4 Å². The highest BCUT2D eigenvalue weighted by atomic mass is 16.5. The number of carbonyl (C=O) groups excluding carboxylic acids is 3. The summed E-state index contributed by atoms with van der Waals surface area (Å²) >= 11 is 0. The van der Waals surface area contributed by atoms with Crippen LogP contribution in [0.2, 0.25) is 0 Å². The van der Waals surface area contributed by atoms with Crippen LogP contribution in [0.25, 0.3) is 6.08 Å². The minimum Gasteiger partial charge on any atom is -0.496 e. The second-order valence-electron chi connectivity index (χ2n) is 7.21. The van der Waals surface area contributed by atoms with E-state index in [0.29, 0.717) is 28.1 Å². The van der Waals surface area contributed by atoms with Crippen LogP contribution in [0.4, 0.5) is 5.69 Å². The molecule has 32 heavy (non-hydrogen) atoms. The van der Waals surface area contributed by atoms with E-state index < -0.39 is 11.8 Å². The van der Waals surface area contributed by atoms with E-state index in [4.69, 9.17) is 4.74 Å². The number of amides is 2. The zero-order valence-corrected chi connectivity index (χ0v) is 18.1. The third-order valence-corrected chi connectivity index (χ3v) is 4.77. The number of aryl methyl sites for hydroxylation is 1. The third-order valence-electron chi connectivity index (χ3n) is 4.77. The van der Waals surface area contributed by atoms with Gasteiger partial charge in [-0.25, -0.2) is 0 Å². The predicted molar refractivity (Wildman–Crippen MR) is 125 cm³/mol. The summed E-state index contributed by atoms with van der Waals surface area (Å²) in [4.78, 5) is 37.6. The molecule has 2 N–H and O–H groups in total. The molecule has 0 heterocycles. The number of carbonyl (C=O) groups is 3. The largest absolute Gasteiger partial charge is 0.496 e. The number of hydrogen-bond donors (Lipinski definition) is 2. The van der Waals surface area contributed by atoms with E-state index in [0.717, 1.165) is 5.56 Å². The normalized spacial score (nSPS) is 10.9. The number of methoxy groups -OCH3 is 1. The van der Waals surface area contributed by atoms with Crippen LogP contribution in [0.5, 0.6) is 5.75 Å². The van der Waals surface area contributed by atoms with Gasteiger partial charge in [-0.3, -0.25) is 14.4 Å². The van der Waals surface area contributed by atoms with Crippen LogP contribution < -0.4 is 15.4 Å². The van der Waals surface area contributed by atoms with Gasteiger partial charge in [-0.1, -0.05) is 48.0 Å². The Kier molecular flexibility index (Phi) is 7.18. The molecule has 162 valence electrons. The van der Waals surface area contributed by atoms with Crippen LogP contribution in [-0.4, -0.2) is 24.7 Å². The van der Waals surface area contributed by atoms with Crippen molar-refractivity contribution in [3.63, 3.8) is 0 Å². The van der Waals surface area contributed by atoms with Crippen molar-refractivity contribution in [3.05, 3.63) is 101 Å². The molecule has 0 unspecified atom stereocenters. The number of rotatable bonds is 7. The SMILES string of the molecule is COc1ccccc1/C=C(\NC(=O)c1ccc(C)cc1)C(=O)Nc1cccc(C(C)=O)c1. The van der Waals surface area contributed by atoms with Gasteiger partial charge in [-0.2, -0.15) is 0 Å². The molecule has 0 bridgehead atoms. The molecule has 0 atom stereocenters. The molecule has 3 aromatic rings. The van der Waals surface area contributed by atoms with Gasteiger partial charge < -0.3 is 15.4 Å². The number of para-hydroxylation sites is 1. The maximum Gasteiger partial charge on any atom is 0.272 e. The lowest BCUT2D eigenvalue weighted by atomic mass is 10.1. The van der Waals surface area contributed by atoms with Gasteiger partial charge in [0.2, 0.25) is 0 Å². The zero-order valence-electron chi connectivity index (χ0n) is 18.1. The monoisotopic (exact) mass is 428 g/mol. The van der Waals surface area contributed by atoms with Gasteiger partial charge in [-0.05, 0) is 50.3 Å². The number of hydrogen-bond acceptors (Lipinski definition) is 4. The van der Waals surface area contributed by atoms with Gasteiger partial charge in [0.15, 0.2) is 5.78 Å². The minimum absolute atomic E-state index is 0.0355. The van der Waals surface area contributed by atoms with Crippen molar-refractivity contribution in [1.82, 2.24) is 5.32 Å². The molecule has 6 heteroatoms. The Balaban J connectivity index is 1.94. The zero-order chi connectivity index (χ0) is 23.1. The summed E-state index contributed by atoms with van der Waals surface area (Å²) in [5, 5.41) is 5.44. The van der Waals surface area contributed by atoms with Crippen LogP contribution in [0.1, 0.15) is 38.8 Å².